The van der Waals surface area contributed by atoms with Crippen molar-refractivity contribution in [2.24, 2.45) is 0 Å². The SMILES string of the molecule is CCc1nnc2n1C[C@@H](N[C@H](C)C(=O)Nc1ccc(Cl)cn1)CC2. The first-order chi connectivity index (χ1) is 11.6. The van der Waals surface area contributed by atoms with Gasteiger partial charge in [0.15, 0.2) is 0 Å². The van der Waals surface area contributed by atoms with Crippen molar-refractivity contribution in [3.8, 4) is 0 Å². The zero-order valence-electron chi connectivity index (χ0n) is 13.8. The van der Waals surface area contributed by atoms with Gasteiger partial charge in [0, 0.05) is 31.6 Å². The zero-order valence-corrected chi connectivity index (χ0v) is 14.5. The summed E-state index contributed by atoms with van der Waals surface area (Å²) in [6, 6.07) is 3.28. The predicted octanol–water partition coefficient (Wildman–Crippen LogP) is 1.82. The van der Waals surface area contributed by atoms with Gasteiger partial charge in [-0.05, 0) is 25.5 Å². The van der Waals surface area contributed by atoms with E-state index in [2.05, 4.69) is 37.3 Å². The minimum Gasteiger partial charge on any atom is -0.313 e. The van der Waals surface area contributed by atoms with Crippen molar-refractivity contribution in [1.82, 2.24) is 25.1 Å². The van der Waals surface area contributed by atoms with Gasteiger partial charge in [0.05, 0.1) is 11.1 Å². The lowest BCUT2D eigenvalue weighted by Crippen LogP contribution is -2.47. The van der Waals surface area contributed by atoms with E-state index in [1.165, 1.54) is 6.20 Å². The van der Waals surface area contributed by atoms with Crippen LogP contribution in [0.5, 0.6) is 0 Å². The van der Waals surface area contributed by atoms with E-state index >= 15 is 0 Å². The molecule has 0 radical (unpaired) electrons. The molecule has 0 unspecified atom stereocenters. The fraction of sp³-hybridized carbons (Fsp3) is 0.500. The minimum absolute atomic E-state index is 0.116. The van der Waals surface area contributed by atoms with Gasteiger partial charge in [0.25, 0.3) is 0 Å². The van der Waals surface area contributed by atoms with Gasteiger partial charge in [0.1, 0.15) is 17.5 Å². The molecule has 0 bridgehead atoms. The van der Waals surface area contributed by atoms with Crippen LogP contribution in [-0.2, 0) is 24.2 Å². The van der Waals surface area contributed by atoms with Gasteiger partial charge >= 0.3 is 0 Å². The van der Waals surface area contributed by atoms with Crippen LogP contribution in [0.4, 0.5) is 5.82 Å². The molecular weight excluding hydrogens is 328 g/mol. The van der Waals surface area contributed by atoms with Crippen molar-refractivity contribution in [3.63, 3.8) is 0 Å². The number of aryl methyl sites for hydroxylation is 2. The molecule has 1 amide bonds. The largest absolute Gasteiger partial charge is 0.313 e. The maximum absolute atomic E-state index is 12.3. The van der Waals surface area contributed by atoms with Crippen LogP contribution in [0.3, 0.4) is 0 Å². The van der Waals surface area contributed by atoms with Gasteiger partial charge < -0.3 is 15.2 Å². The lowest BCUT2D eigenvalue weighted by Gasteiger charge is -2.27. The fourth-order valence-electron chi connectivity index (χ4n) is 2.89. The van der Waals surface area contributed by atoms with Gasteiger partial charge in [0.2, 0.25) is 5.91 Å². The molecule has 0 aliphatic carbocycles. The number of fused-ring (bicyclic) bond motifs is 1. The van der Waals surface area contributed by atoms with Crippen molar-refractivity contribution in [2.45, 2.75) is 51.7 Å². The lowest BCUT2D eigenvalue weighted by atomic mass is 10.1. The van der Waals surface area contributed by atoms with Crippen LogP contribution in [-0.4, -0.2) is 37.7 Å². The van der Waals surface area contributed by atoms with Crippen LogP contribution < -0.4 is 10.6 Å². The summed E-state index contributed by atoms with van der Waals surface area (Å²) < 4.78 is 2.16. The molecule has 24 heavy (non-hydrogen) atoms. The van der Waals surface area contributed by atoms with Crippen LogP contribution in [0.1, 0.15) is 31.9 Å². The highest BCUT2D eigenvalue weighted by atomic mass is 35.5. The molecule has 0 spiro atoms. The number of hydrogen-bond acceptors (Lipinski definition) is 5. The Labute approximate surface area is 145 Å². The van der Waals surface area contributed by atoms with Crippen LogP contribution >= 0.6 is 11.6 Å². The number of nitrogens with one attached hydrogen (secondary N) is 2. The van der Waals surface area contributed by atoms with Gasteiger partial charge in [-0.1, -0.05) is 18.5 Å². The van der Waals surface area contributed by atoms with E-state index in [4.69, 9.17) is 11.6 Å². The molecule has 7 nitrogen and oxygen atoms in total. The molecule has 3 heterocycles. The van der Waals surface area contributed by atoms with E-state index in [0.29, 0.717) is 10.8 Å². The number of carbonyl (C=O) groups is 1. The monoisotopic (exact) mass is 348 g/mol. The molecule has 1 aliphatic rings. The van der Waals surface area contributed by atoms with Crippen molar-refractivity contribution < 1.29 is 4.79 Å². The Balaban J connectivity index is 1.57. The normalized spacial score (nSPS) is 18.0. The standard InChI is InChI=1S/C16H21ClN6O/c1-3-14-21-22-15-7-5-12(9-23(14)15)19-10(2)16(24)20-13-6-4-11(17)8-18-13/h4,6,8,10,12,19H,3,5,7,9H2,1-2H3,(H,18,20,24)/t10-,12+/m1/s1. The van der Waals surface area contributed by atoms with Crippen LogP contribution in [0.25, 0.3) is 0 Å². The van der Waals surface area contributed by atoms with E-state index in [9.17, 15) is 4.79 Å². The second kappa shape index (κ2) is 7.27. The van der Waals surface area contributed by atoms with E-state index in [1.807, 2.05) is 6.92 Å². The summed E-state index contributed by atoms with van der Waals surface area (Å²) in [6.45, 7) is 4.72. The Bertz CT molecular complexity index is 700. The third-order valence-electron chi connectivity index (χ3n) is 4.20. The quantitative estimate of drug-likeness (QED) is 0.861. The molecule has 2 N–H and O–H groups in total. The Morgan fingerprint density at radius 3 is 3.00 bits per heavy atom. The number of rotatable bonds is 5. The summed E-state index contributed by atoms with van der Waals surface area (Å²) in [5, 5.41) is 15.2. The van der Waals surface area contributed by atoms with Crippen LogP contribution in [0.15, 0.2) is 18.3 Å². The molecule has 0 fully saturated rings. The summed E-state index contributed by atoms with van der Waals surface area (Å²) in [7, 11) is 0. The van der Waals surface area contributed by atoms with Gasteiger partial charge in [-0.15, -0.1) is 10.2 Å². The van der Waals surface area contributed by atoms with E-state index in [-0.39, 0.29) is 18.0 Å². The Morgan fingerprint density at radius 2 is 2.29 bits per heavy atom. The highest BCUT2D eigenvalue weighted by Gasteiger charge is 2.25. The molecule has 0 saturated carbocycles. The Morgan fingerprint density at radius 1 is 1.46 bits per heavy atom. The topological polar surface area (TPSA) is 84.7 Å². The Hall–Kier alpha value is -1.99. The van der Waals surface area contributed by atoms with Crippen LogP contribution in [0.2, 0.25) is 5.02 Å². The molecular formula is C16H21ClN6O. The van der Waals surface area contributed by atoms with Crippen molar-refractivity contribution in [3.05, 3.63) is 35.0 Å². The minimum atomic E-state index is -0.324. The number of anilines is 1. The summed E-state index contributed by atoms with van der Waals surface area (Å²) in [5.41, 5.74) is 0. The van der Waals surface area contributed by atoms with Crippen molar-refractivity contribution in [1.29, 1.82) is 0 Å². The summed E-state index contributed by atoms with van der Waals surface area (Å²) in [6.07, 6.45) is 4.19. The maximum Gasteiger partial charge on any atom is 0.242 e. The average molecular weight is 349 g/mol. The second-order valence-corrected chi connectivity index (χ2v) is 6.41. The molecule has 2 aromatic heterocycles. The van der Waals surface area contributed by atoms with Crippen molar-refractivity contribution in [2.75, 3.05) is 5.32 Å². The number of amides is 1. The average Bonchev–Trinajstić information content (AvgIpc) is 2.99. The van der Waals surface area contributed by atoms with Crippen molar-refractivity contribution >= 4 is 23.3 Å². The smallest absolute Gasteiger partial charge is 0.242 e. The number of nitrogens with zero attached hydrogens (tertiary/aromatic N) is 4. The maximum atomic E-state index is 12.3. The highest BCUT2D eigenvalue weighted by molar-refractivity contribution is 6.30. The Kier molecular flexibility index (Phi) is 5.11. The van der Waals surface area contributed by atoms with Crippen LogP contribution in [0, 0.1) is 0 Å². The first kappa shape index (κ1) is 16.9. The molecule has 1 aliphatic heterocycles. The molecule has 2 aromatic rings. The zero-order chi connectivity index (χ0) is 17.1. The van der Waals surface area contributed by atoms with Gasteiger partial charge in [-0.2, -0.15) is 0 Å². The number of pyridine rings is 1. The molecule has 8 heteroatoms. The van der Waals surface area contributed by atoms with Gasteiger partial charge in [-0.25, -0.2) is 4.98 Å². The third-order valence-corrected chi connectivity index (χ3v) is 4.42. The van der Waals surface area contributed by atoms with E-state index in [0.717, 1.165) is 37.5 Å². The number of halogens is 1. The molecule has 3 rings (SSSR count). The summed E-state index contributed by atoms with van der Waals surface area (Å²) >= 11 is 5.80. The first-order valence-corrected chi connectivity index (χ1v) is 8.54. The van der Waals surface area contributed by atoms with E-state index < -0.39 is 0 Å². The molecule has 2 atom stereocenters. The predicted molar refractivity (Wildman–Crippen MR) is 92.0 cm³/mol. The first-order valence-electron chi connectivity index (χ1n) is 8.16. The number of aromatic nitrogens is 4. The van der Waals surface area contributed by atoms with E-state index in [1.54, 1.807) is 12.1 Å². The fourth-order valence-corrected chi connectivity index (χ4v) is 3.01. The third kappa shape index (κ3) is 3.73. The molecule has 128 valence electrons. The summed E-state index contributed by atoms with van der Waals surface area (Å²) in [4.78, 5) is 16.4. The number of carbonyl (C=O) groups excluding carboxylic acids is 1. The molecule has 0 aromatic carbocycles. The number of hydrogen-bond donors (Lipinski definition) is 2. The highest BCUT2D eigenvalue weighted by Crippen LogP contribution is 2.16. The second-order valence-electron chi connectivity index (χ2n) is 5.97. The lowest BCUT2D eigenvalue weighted by molar-refractivity contribution is -0.118. The summed E-state index contributed by atoms with van der Waals surface area (Å²) in [5.74, 6) is 2.41. The molecule has 0 saturated heterocycles. The van der Waals surface area contributed by atoms with Gasteiger partial charge in [-0.3, -0.25) is 4.79 Å².